The summed E-state index contributed by atoms with van der Waals surface area (Å²) in [6.45, 7) is 5.05. The molecule has 1 aromatic carbocycles. The maximum Gasteiger partial charge on any atom is 0.125 e. The largest absolute Gasteiger partial charge is 0.310 e. The maximum atomic E-state index is 13.9. The van der Waals surface area contributed by atoms with Crippen molar-refractivity contribution in [2.75, 3.05) is 13.1 Å². The zero-order chi connectivity index (χ0) is 16.3. The van der Waals surface area contributed by atoms with Crippen LogP contribution in [-0.4, -0.2) is 32.5 Å². The van der Waals surface area contributed by atoms with Crippen molar-refractivity contribution in [1.82, 2.24) is 19.4 Å². The predicted molar refractivity (Wildman–Crippen MR) is 90.8 cm³/mol. The van der Waals surface area contributed by atoms with Crippen LogP contribution in [0.3, 0.4) is 0 Å². The van der Waals surface area contributed by atoms with Crippen molar-refractivity contribution in [1.29, 1.82) is 0 Å². The minimum atomic E-state index is -0.172. The second-order valence-electron chi connectivity index (χ2n) is 6.90. The standard InChI is InChI=1S/C19H19FN4/c1-12-21-9-15(10-22-12)24-18-3-2-14(20)8-16(18)17-11-23-6-4-13(5-7-23)19(17)24/h2-3,8-10,13H,4-7,11H2,1H3. The Hall–Kier alpha value is -2.27. The number of hydrogen-bond donors (Lipinski definition) is 0. The summed E-state index contributed by atoms with van der Waals surface area (Å²) in [7, 11) is 0. The Morgan fingerprint density at radius 3 is 2.62 bits per heavy atom. The van der Waals surface area contributed by atoms with E-state index in [0.29, 0.717) is 5.92 Å². The number of piperidine rings is 1. The Morgan fingerprint density at radius 1 is 1.12 bits per heavy atom. The molecule has 122 valence electrons. The van der Waals surface area contributed by atoms with Crippen LogP contribution in [0, 0.1) is 12.7 Å². The third kappa shape index (κ3) is 2.01. The van der Waals surface area contributed by atoms with Gasteiger partial charge in [-0.05, 0) is 56.6 Å². The molecular formula is C19H19FN4. The van der Waals surface area contributed by atoms with Crippen LogP contribution in [0.15, 0.2) is 30.6 Å². The highest BCUT2D eigenvalue weighted by Gasteiger charge is 2.33. The molecule has 0 aliphatic carbocycles. The molecule has 5 heteroatoms. The summed E-state index contributed by atoms with van der Waals surface area (Å²) in [5.41, 5.74) is 4.65. The molecule has 2 bridgehead atoms. The van der Waals surface area contributed by atoms with Crippen molar-refractivity contribution in [3.63, 3.8) is 0 Å². The first-order valence-corrected chi connectivity index (χ1v) is 8.55. The molecule has 0 N–H and O–H groups in total. The summed E-state index contributed by atoms with van der Waals surface area (Å²) >= 11 is 0. The lowest BCUT2D eigenvalue weighted by Crippen LogP contribution is -2.29. The molecule has 0 atom stereocenters. The quantitative estimate of drug-likeness (QED) is 0.687. The average molecular weight is 322 g/mol. The normalized spacial score (nSPS) is 22.6. The number of aromatic nitrogens is 3. The molecule has 0 spiro atoms. The van der Waals surface area contributed by atoms with E-state index in [1.54, 1.807) is 12.1 Å². The summed E-state index contributed by atoms with van der Waals surface area (Å²) in [5.74, 6) is 1.11. The minimum absolute atomic E-state index is 0.172. The van der Waals surface area contributed by atoms with E-state index >= 15 is 0 Å². The first-order valence-electron chi connectivity index (χ1n) is 8.55. The fourth-order valence-electron chi connectivity index (χ4n) is 4.31. The molecule has 3 aromatic rings. The zero-order valence-electron chi connectivity index (χ0n) is 13.7. The summed E-state index contributed by atoms with van der Waals surface area (Å²) < 4.78 is 16.2. The van der Waals surface area contributed by atoms with Crippen LogP contribution in [-0.2, 0) is 6.54 Å². The van der Waals surface area contributed by atoms with E-state index in [1.807, 2.05) is 25.4 Å². The van der Waals surface area contributed by atoms with E-state index in [2.05, 4.69) is 19.4 Å². The van der Waals surface area contributed by atoms with Crippen molar-refractivity contribution in [3.8, 4) is 5.69 Å². The third-order valence-electron chi connectivity index (χ3n) is 5.46. The van der Waals surface area contributed by atoms with Crippen LogP contribution in [0.1, 0.15) is 35.8 Å². The summed E-state index contributed by atoms with van der Waals surface area (Å²) in [5, 5.41) is 1.03. The SMILES string of the molecule is Cc1ncc(-n2c3c(c4cc(F)ccc42)CN2CCC3CC2)cn1. The van der Waals surface area contributed by atoms with Gasteiger partial charge in [0.15, 0.2) is 0 Å². The average Bonchev–Trinajstić information content (AvgIpc) is 2.73. The first-order chi connectivity index (χ1) is 11.7. The molecule has 5 heterocycles. The molecule has 0 saturated carbocycles. The van der Waals surface area contributed by atoms with Crippen LogP contribution >= 0.6 is 0 Å². The molecular weight excluding hydrogens is 303 g/mol. The van der Waals surface area contributed by atoms with Gasteiger partial charge >= 0.3 is 0 Å². The monoisotopic (exact) mass is 322 g/mol. The summed E-state index contributed by atoms with van der Waals surface area (Å²) in [6.07, 6.45) is 6.09. The van der Waals surface area contributed by atoms with Crippen LogP contribution < -0.4 is 0 Å². The summed E-state index contributed by atoms with van der Waals surface area (Å²) in [6, 6.07) is 5.12. The molecule has 3 aliphatic rings. The Bertz CT molecular complexity index is 921. The maximum absolute atomic E-state index is 13.9. The molecule has 4 nitrogen and oxygen atoms in total. The van der Waals surface area contributed by atoms with E-state index in [0.717, 1.165) is 42.0 Å². The van der Waals surface area contributed by atoms with Gasteiger partial charge < -0.3 is 4.57 Å². The molecule has 0 amide bonds. The van der Waals surface area contributed by atoms with Crippen molar-refractivity contribution in [3.05, 3.63) is 53.5 Å². The second kappa shape index (κ2) is 5.11. The molecule has 1 saturated heterocycles. The van der Waals surface area contributed by atoms with Crippen molar-refractivity contribution < 1.29 is 4.39 Å². The van der Waals surface area contributed by atoms with Gasteiger partial charge in [0.2, 0.25) is 0 Å². The predicted octanol–water partition coefficient (Wildman–Crippen LogP) is 3.56. The number of hydrogen-bond acceptors (Lipinski definition) is 3. The minimum Gasteiger partial charge on any atom is -0.310 e. The molecule has 0 radical (unpaired) electrons. The number of fused-ring (bicyclic) bond motifs is 3. The van der Waals surface area contributed by atoms with Crippen molar-refractivity contribution >= 4 is 10.9 Å². The van der Waals surface area contributed by atoms with Gasteiger partial charge in [-0.25, -0.2) is 14.4 Å². The first kappa shape index (κ1) is 14.1. The Morgan fingerprint density at radius 2 is 1.88 bits per heavy atom. The number of benzene rings is 1. The van der Waals surface area contributed by atoms with E-state index < -0.39 is 0 Å². The van der Waals surface area contributed by atoms with Gasteiger partial charge in [-0.15, -0.1) is 0 Å². The van der Waals surface area contributed by atoms with Crippen LogP contribution in [0.4, 0.5) is 4.39 Å². The third-order valence-corrected chi connectivity index (χ3v) is 5.46. The lowest BCUT2D eigenvalue weighted by molar-refractivity contribution is 0.220. The number of halogens is 1. The smallest absolute Gasteiger partial charge is 0.125 e. The van der Waals surface area contributed by atoms with Gasteiger partial charge in [0.1, 0.15) is 11.6 Å². The van der Waals surface area contributed by atoms with Gasteiger partial charge in [0.05, 0.1) is 23.6 Å². The van der Waals surface area contributed by atoms with Gasteiger partial charge in [-0.1, -0.05) is 0 Å². The second-order valence-corrected chi connectivity index (χ2v) is 6.90. The molecule has 1 fully saturated rings. The van der Waals surface area contributed by atoms with Crippen molar-refractivity contribution in [2.45, 2.75) is 32.2 Å². The van der Waals surface area contributed by atoms with E-state index in [1.165, 1.54) is 24.1 Å². The molecule has 24 heavy (non-hydrogen) atoms. The number of nitrogens with zero attached hydrogens (tertiary/aromatic N) is 4. The van der Waals surface area contributed by atoms with Gasteiger partial charge in [-0.3, -0.25) is 4.90 Å². The van der Waals surface area contributed by atoms with Crippen molar-refractivity contribution in [2.24, 2.45) is 0 Å². The van der Waals surface area contributed by atoms with E-state index in [9.17, 15) is 4.39 Å². The van der Waals surface area contributed by atoms with Crippen LogP contribution in [0.2, 0.25) is 0 Å². The highest BCUT2D eigenvalue weighted by molar-refractivity contribution is 5.88. The molecule has 6 rings (SSSR count). The van der Waals surface area contributed by atoms with E-state index in [4.69, 9.17) is 0 Å². The zero-order valence-corrected chi connectivity index (χ0v) is 13.7. The topological polar surface area (TPSA) is 34.0 Å². The fourth-order valence-corrected chi connectivity index (χ4v) is 4.31. The molecule has 3 aliphatic heterocycles. The lowest BCUT2D eigenvalue weighted by atomic mass is 9.94. The van der Waals surface area contributed by atoms with Gasteiger partial charge in [-0.2, -0.15) is 0 Å². The van der Waals surface area contributed by atoms with Crippen LogP contribution in [0.5, 0.6) is 0 Å². The van der Waals surface area contributed by atoms with E-state index in [-0.39, 0.29) is 5.82 Å². The highest BCUT2D eigenvalue weighted by atomic mass is 19.1. The van der Waals surface area contributed by atoms with Gasteiger partial charge in [0, 0.05) is 23.5 Å². The Labute approximate surface area is 139 Å². The summed E-state index contributed by atoms with van der Waals surface area (Å²) in [4.78, 5) is 11.2. The van der Waals surface area contributed by atoms with Gasteiger partial charge in [0.25, 0.3) is 0 Å². The Kier molecular flexibility index (Phi) is 3.00. The molecule has 0 unspecified atom stereocenters. The fraction of sp³-hybridized carbons (Fsp3) is 0.368. The number of rotatable bonds is 1. The molecule has 2 aromatic heterocycles. The Balaban J connectivity index is 1.85. The number of aryl methyl sites for hydroxylation is 1. The lowest BCUT2D eigenvalue weighted by Gasteiger charge is -2.27. The van der Waals surface area contributed by atoms with Crippen LogP contribution in [0.25, 0.3) is 16.6 Å². The highest BCUT2D eigenvalue weighted by Crippen LogP contribution is 2.42.